The molecular formula is C54H79N2O17-. The highest BCUT2D eigenvalue weighted by Crippen LogP contribution is 2.61. The van der Waals surface area contributed by atoms with Crippen molar-refractivity contribution in [1.82, 2.24) is 10.5 Å². The number of hydroxylamine groups is 2. The van der Waals surface area contributed by atoms with Crippen LogP contribution in [0.4, 0.5) is 4.79 Å². The maximum atomic E-state index is 15.4. The number of hydrogen-bond donors (Lipinski definition) is 6. The number of rotatable bonds is 8. The molecule has 0 radical (unpaired) electrons. The van der Waals surface area contributed by atoms with Crippen LogP contribution in [0.15, 0.2) is 58.4 Å². The first-order valence-corrected chi connectivity index (χ1v) is 26.2. The molecule has 5 fully saturated rings. The smallest absolute Gasteiger partial charge is 0.407 e. The summed E-state index contributed by atoms with van der Waals surface area (Å²) in [6, 6.07) is -0.985. The van der Waals surface area contributed by atoms with Gasteiger partial charge in [0, 0.05) is 48.9 Å². The van der Waals surface area contributed by atoms with Gasteiger partial charge in [-0.15, -0.1) is 0 Å². The van der Waals surface area contributed by atoms with E-state index in [9.17, 15) is 40.4 Å². The number of fused-ring (bicyclic) bond motifs is 4. The largest absolute Gasteiger partial charge is 0.762 e. The molecule has 2 bridgehead atoms. The van der Waals surface area contributed by atoms with Crippen LogP contribution in [-0.2, 0) is 47.5 Å². The number of carbonyl (C=O) groups excluding carboxylic acids is 3. The van der Waals surface area contributed by atoms with Crippen molar-refractivity contribution >= 4 is 17.8 Å². The van der Waals surface area contributed by atoms with E-state index in [1.165, 1.54) is 14.0 Å². The summed E-state index contributed by atoms with van der Waals surface area (Å²) in [4.78, 5) is 42.4. The van der Waals surface area contributed by atoms with Gasteiger partial charge in [-0.25, -0.2) is 9.59 Å². The molecule has 8 rings (SSSR count). The topological polar surface area (TPSA) is 265 Å². The first kappa shape index (κ1) is 55.7. The summed E-state index contributed by atoms with van der Waals surface area (Å²) in [5.41, 5.74) is -2.43. The Balaban J connectivity index is 1.17. The number of ether oxygens (including phenoxy) is 8. The molecule has 4 aliphatic heterocycles. The van der Waals surface area contributed by atoms with E-state index in [1.807, 2.05) is 58.9 Å². The average molecular weight is 1030 g/mol. The number of aliphatic hydroxyl groups excluding tert-OH is 4. The van der Waals surface area contributed by atoms with Crippen molar-refractivity contribution in [2.24, 2.45) is 46.8 Å². The van der Waals surface area contributed by atoms with E-state index in [0.29, 0.717) is 12.0 Å². The van der Waals surface area contributed by atoms with Crippen molar-refractivity contribution in [1.29, 1.82) is 0 Å². The van der Waals surface area contributed by atoms with E-state index in [0.717, 1.165) is 11.1 Å². The number of aliphatic hydroxyl groups is 4. The van der Waals surface area contributed by atoms with Crippen LogP contribution in [0.2, 0.25) is 0 Å². The number of amides is 1. The Kier molecular flexibility index (Phi) is 16.1. The van der Waals surface area contributed by atoms with Crippen molar-refractivity contribution < 1.29 is 77.9 Å². The summed E-state index contributed by atoms with van der Waals surface area (Å²) in [7, 11) is 1.19. The molecule has 4 heterocycles. The van der Waals surface area contributed by atoms with Crippen LogP contribution in [0.3, 0.4) is 0 Å². The molecule has 1 amide bonds. The maximum Gasteiger partial charge on any atom is 0.407 e. The van der Waals surface area contributed by atoms with Gasteiger partial charge >= 0.3 is 12.1 Å². The molecule has 4 aliphatic carbocycles. The predicted molar refractivity (Wildman–Crippen MR) is 262 cm³/mol. The average Bonchev–Trinajstić information content (AvgIpc) is 3.56. The van der Waals surface area contributed by atoms with Gasteiger partial charge < -0.3 is 74.1 Å². The Hall–Kier alpha value is -3.57. The number of nitrogens with one attached hydrogen (secondary N) is 1. The molecule has 0 aromatic carbocycles. The molecule has 8 aliphatic rings. The highest BCUT2D eigenvalue weighted by Gasteiger charge is 2.64. The van der Waals surface area contributed by atoms with E-state index in [1.54, 1.807) is 20.8 Å². The zero-order valence-corrected chi connectivity index (χ0v) is 44.3. The summed E-state index contributed by atoms with van der Waals surface area (Å²) >= 11 is 0. The first-order chi connectivity index (χ1) is 34.2. The molecular weight excluding hydrogens is 949 g/mol. The summed E-state index contributed by atoms with van der Waals surface area (Å²) in [6.45, 7) is 20.5. The van der Waals surface area contributed by atoms with Crippen LogP contribution in [0.25, 0.3) is 0 Å². The van der Waals surface area contributed by atoms with Gasteiger partial charge in [-0.1, -0.05) is 69.2 Å². The fraction of sp³-hybridized carbons (Fsp3) is 0.759. The maximum absolute atomic E-state index is 15.4. The van der Waals surface area contributed by atoms with E-state index in [4.69, 9.17) is 37.9 Å². The van der Waals surface area contributed by atoms with Gasteiger partial charge in [-0.05, 0) is 90.6 Å². The molecule has 4 saturated heterocycles. The minimum atomic E-state index is -1.69. The number of hydrogen-bond acceptors (Lipinski definition) is 18. The Labute approximate surface area is 428 Å². The minimum Gasteiger partial charge on any atom is -0.762 e. The SMILES string of the molecule is COC(=O)N[C@H]1[C@@H](C)O[C@@H](O[C@H]2C/C=C(\C)[C@@H]3C=C[C@H]4[C@@H](O[C@H]5C[C@@H](O[C@H]6C[C@@H](O)[C@@H](O)[C@H](C)O6)[C@@H](O)[C@H](C)O5)[C@H](C)C[C@H](C)[C@H]4[C@]3(C)C(O)=C3C(=O)O[C@]4(C[C@H](C)C(C)=C[C@@H]4/C=C/2C)C3=O)C[C@]1(C)N([O-])O. The number of esters is 1. The lowest BCUT2D eigenvalue weighted by Gasteiger charge is -2.56. The number of methoxy groups -OCH3 is 1. The van der Waals surface area contributed by atoms with E-state index in [-0.39, 0.29) is 72.3 Å². The fourth-order valence-corrected chi connectivity index (χ4v) is 13.9. The third kappa shape index (κ3) is 10.0. The molecule has 0 aromatic rings. The van der Waals surface area contributed by atoms with E-state index < -0.39 is 132 Å². The summed E-state index contributed by atoms with van der Waals surface area (Å²) in [6.07, 6.45) is 0.0694. The molecule has 1 saturated carbocycles. The highest BCUT2D eigenvalue weighted by atomic mass is 16.8. The number of nitrogens with zero attached hydrogens (tertiary/aromatic N) is 1. The van der Waals surface area contributed by atoms with Gasteiger partial charge in [0.15, 0.2) is 24.5 Å². The monoisotopic (exact) mass is 1030 g/mol. The van der Waals surface area contributed by atoms with Gasteiger partial charge in [-0.3, -0.25) is 10.0 Å². The molecule has 73 heavy (non-hydrogen) atoms. The molecule has 19 nitrogen and oxygen atoms in total. The van der Waals surface area contributed by atoms with Gasteiger partial charge in [-0.2, -0.15) is 0 Å². The summed E-state index contributed by atoms with van der Waals surface area (Å²) < 4.78 is 49.7. The van der Waals surface area contributed by atoms with E-state index in [2.05, 4.69) is 25.2 Å². The van der Waals surface area contributed by atoms with Crippen LogP contribution >= 0.6 is 0 Å². The number of Topliss-reactive ketones (excluding diaryl/α,β-unsaturated/α-hetero) is 1. The van der Waals surface area contributed by atoms with Crippen LogP contribution in [-0.4, -0.2) is 147 Å². The predicted octanol–water partition coefficient (Wildman–Crippen LogP) is 5.98. The van der Waals surface area contributed by atoms with Crippen molar-refractivity contribution in [2.45, 2.75) is 206 Å². The zero-order valence-electron chi connectivity index (χ0n) is 44.3. The standard InChI is InChI=1S/C54H79N2O17/c1-24-13-16-37(70-41-23-52(10,56(64)65)47(32(9)69-41)55-51(63)66-12)26(3)19-33-18-25(2)29(6)22-54(33)49(61)42(50(62)73-54)48(60)53(11)35(24)15-14-34-43(53)27(4)17-28(5)46(34)72-40-21-38(45(59)31(8)68-40)71-39-20-36(57)44(58)30(7)67-39/h13-15,18-19,27-41,43-47,57-60,64H,16-17,20-23H2,1-12H3,(H,55,63)/q-1/b24-13+,26-19+,48-42?/t27-,28+,29-,30-,31-,32+,33+,34+,35-,36+,37-,38+,39-,40-,41-,43+,44-,45-,46-,47-,52-,53+,54-/m0/s1. The molecule has 19 heteroatoms. The third-order valence-electron chi connectivity index (χ3n) is 18.1. The lowest BCUT2D eigenvalue weighted by atomic mass is 9.49. The van der Waals surface area contributed by atoms with Gasteiger partial charge in [0.05, 0.1) is 61.4 Å². The Morgan fingerprint density at radius 2 is 1.45 bits per heavy atom. The van der Waals surface area contributed by atoms with Gasteiger partial charge in [0.1, 0.15) is 23.5 Å². The van der Waals surface area contributed by atoms with Gasteiger partial charge in [0.2, 0.25) is 5.78 Å². The number of ketones is 1. The molecule has 23 atom stereocenters. The van der Waals surface area contributed by atoms with Crippen molar-refractivity contribution in [3.63, 3.8) is 0 Å². The van der Waals surface area contributed by atoms with Crippen molar-refractivity contribution in [2.75, 3.05) is 7.11 Å². The zero-order chi connectivity index (χ0) is 53.4. The van der Waals surface area contributed by atoms with E-state index >= 15 is 4.79 Å². The van der Waals surface area contributed by atoms with Crippen molar-refractivity contribution in [3.8, 4) is 0 Å². The molecule has 408 valence electrons. The van der Waals surface area contributed by atoms with Crippen molar-refractivity contribution in [3.05, 3.63) is 63.6 Å². The van der Waals surface area contributed by atoms with Gasteiger partial charge in [0.25, 0.3) is 0 Å². The Bertz CT molecular complexity index is 2250. The number of carbonyl (C=O) groups is 3. The normalized spacial score (nSPS) is 48.8. The van der Waals surface area contributed by atoms with Crippen LogP contribution < -0.4 is 5.32 Å². The Morgan fingerprint density at radius 3 is 2.11 bits per heavy atom. The summed E-state index contributed by atoms with van der Waals surface area (Å²) in [5.74, 6) is -4.16. The second-order valence-electron chi connectivity index (χ2n) is 23.1. The molecule has 0 unspecified atom stereocenters. The highest BCUT2D eigenvalue weighted by molar-refractivity contribution is 6.26. The second kappa shape index (κ2) is 21.1. The molecule has 1 spiro atoms. The quantitative estimate of drug-likeness (QED) is 0.0707. The fourth-order valence-electron chi connectivity index (χ4n) is 13.9. The number of alkyl carbamates (subject to hydrolysis) is 1. The first-order valence-electron chi connectivity index (χ1n) is 26.2. The third-order valence-corrected chi connectivity index (χ3v) is 18.1. The Morgan fingerprint density at radius 1 is 0.808 bits per heavy atom. The van der Waals surface area contributed by atoms with Crippen LogP contribution in [0.5, 0.6) is 0 Å². The lowest BCUT2D eigenvalue weighted by Crippen LogP contribution is -2.67. The van der Waals surface area contributed by atoms with Crippen LogP contribution in [0.1, 0.15) is 115 Å². The summed E-state index contributed by atoms with van der Waals surface area (Å²) in [5, 5.41) is 71.0. The number of allylic oxidation sites excluding steroid dienone is 4. The molecule has 6 N–H and O–H groups in total. The second-order valence-corrected chi connectivity index (χ2v) is 23.1. The molecule has 0 aromatic heterocycles. The minimum absolute atomic E-state index is 0.0168. The van der Waals surface area contributed by atoms with Crippen LogP contribution in [0, 0.1) is 52.0 Å². The lowest BCUT2D eigenvalue weighted by molar-refractivity contribution is -0.317.